The summed E-state index contributed by atoms with van der Waals surface area (Å²) in [5, 5.41) is 10.4. The van der Waals surface area contributed by atoms with Gasteiger partial charge >= 0.3 is 0 Å². The molecular formula is C12H14BrNO2. The van der Waals surface area contributed by atoms with Gasteiger partial charge in [0.25, 0.3) is 5.91 Å². The zero-order valence-corrected chi connectivity index (χ0v) is 10.7. The molecule has 0 aliphatic carbocycles. The van der Waals surface area contributed by atoms with Crippen LogP contribution in [0.15, 0.2) is 24.3 Å². The first-order valence-corrected chi connectivity index (χ1v) is 6.30. The molecule has 0 radical (unpaired) electrons. The second-order valence-electron chi connectivity index (χ2n) is 4.49. The average molecular weight is 284 g/mol. The summed E-state index contributed by atoms with van der Waals surface area (Å²) in [6, 6.07) is 7.51. The Morgan fingerprint density at radius 3 is 2.44 bits per heavy atom. The molecule has 0 aromatic heterocycles. The van der Waals surface area contributed by atoms with E-state index in [-0.39, 0.29) is 5.91 Å². The van der Waals surface area contributed by atoms with Crippen LogP contribution in [0.4, 0.5) is 0 Å². The van der Waals surface area contributed by atoms with Gasteiger partial charge in [-0.05, 0) is 24.6 Å². The topological polar surface area (TPSA) is 40.5 Å². The highest BCUT2D eigenvalue weighted by molar-refractivity contribution is 9.08. The number of alkyl halides is 1. The standard InChI is InChI=1S/C12H14BrNO2/c1-12(16)7-14(8-12)11(15)10-4-2-9(6-13)3-5-10/h2-5,16H,6-8H2,1H3. The first-order chi connectivity index (χ1) is 7.52. The second-order valence-corrected chi connectivity index (χ2v) is 5.05. The molecule has 0 atom stereocenters. The van der Waals surface area contributed by atoms with E-state index in [4.69, 9.17) is 0 Å². The Labute approximate surface area is 103 Å². The van der Waals surface area contributed by atoms with Gasteiger partial charge in [-0.25, -0.2) is 0 Å². The molecule has 3 nitrogen and oxygen atoms in total. The van der Waals surface area contributed by atoms with Crippen LogP contribution in [0.1, 0.15) is 22.8 Å². The third-order valence-electron chi connectivity index (χ3n) is 2.71. The van der Waals surface area contributed by atoms with E-state index in [1.807, 2.05) is 24.3 Å². The van der Waals surface area contributed by atoms with Gasteiger partial charge in [0.05, 0.1) is 18.7 Å². The summed E-state index contributed by atoms with van der Waals surface area (Å²) in [4.78, 5) is 13.6. The minimum atomic E-state index is -0.703. The number of rotatable bonds is 2. The number of amides is 1. The van der Waals surface area contributed by atoms with Crippen LogP contribution in [0.3, 0.4) is 0 Å². The minimum absolute atomic E-state index is 0.00681. The van der Waals surface area contributed by atoms with Gasteiger partial charge in [-0.3, -0.25) is 4.79 Å². The molecule has 1 heterocycles. The van der Waals surface area contributed by atoms with Gasteiger partial charge < -0.3 is 10.0 Å². The molecule has 1 N–H and O–H groups in total. The van der Waals surface area contributed by atoms with E-state index in [9.17, 15) is 9.90 Å². The number of hydrogen-bond donors (Lipinski definition) is 1. The Morgan fingerprint density at radius 1 is 1.44 bits per heavy atom. The van der Waals surface area contributed by atoms with Crippen molar-refractivity contribution in [3.63, 3.8) is 0 Å². The SMILES string of the molecule is CC1(O)CN(C(=O)c2ccc(CBr)cc2)C1. The van der Waals surface area contributed by atoms with Gasteiger partial charge in [-0.1, -0.05) is 28.1 Å². The van der Waals surface area contributed by atoms with Crippen molar-refractivity contribution >= 4 is 21.8 Å². The fraction of sp³-hybridized carbons (Fsp3) is 0.417. The molecule has 0 saturated carbocycles. The zero-order valence-electron chi connectivity index (χ0n) is 9.11. The van der Waals surface area contributed by atoms with Crippen LogP contribution in [0.5, 0.6) is 0 Å². The molecule has 0 spiro atoms. The molecule has 1 aromatic carbocycles. The number of halogens is 1. The molecule has 0 bridgehead atoms. The highest BCUT2D eigenvalue weighted by Gasteiger charge is 2.39. The summed E-state index contributed by atoms with van der Waals surface area (Å²) in [6.07, 6.45) is 0. The minimum Gasteiger partial charge on any atom is -0.386 e. The average Bonchev–Trinajstić information content (AvgIpc) is 2.25. The number of benzene rings is 1. The molecule has 1 saturated heterocycles. The molecule has 1 amide bonds. The number of aliphatic hydroxyl groups is 1. The van der Waals surface area contributed by atoms with Gasteiger partial charge in [-0.15, -0.1) is 0 Å². The van der Waals surface area contributed by atoms with E-state index in [2.05, 4.69) is 15.9 Å². The van der Waals surface area contributed by atoms with E-state index in [1.54, 1.807) is 11.8 Å². The van der Waals surface area contributed by atoms with Crippen LogP contribution < -0.4 is 0 Å². The van der Waals surface area contributed by atoms with E-state index in [0.717, 1.165) is 10.9 Å². The highest BCUT2D eigenvalue weighted by atomic mass is 79.9. The van der Waals surface area contributed by atoms with Crippen LogP contribution in [0.2, 0.25) is 0 Å². The maximum Gasteiger partial charge on any atom is 0.254 e. The number of β-amino-alcohol motifs (C(OH)–C–C–N with tert-alkyl or cyclic N) is 1. The van der Waals surface area contributed by atoms with Crippen molar-refractivity contribution in [2.75, 3.05) is 13.1 Å². The quantitative estimate of drug-likeness (QED) is 0.841. The monoisotopic (exact) mass is 283 g/mol. The molecule has 1 aromatic rings. The van der Waals surface area contributed by atoms with Crippen LogP contribution in [0, 0.1) is 0 Å². The maximum atomic E-state index is 11.9. The number of hydrogen-bond acceptors (Lipinski definition) is 2. The normalized spacial score (nSPS) is 18.1. The Morgan fingerprint density at radius 2 is 2.00 bits per heavy atom. The lowest BCUT2D eigenvalue weighted by Crippen LogP contribution is -2.61. The van der Waals surface area contributed by atoms with Crippen LogP contribution in [-0.2, 0) is 5.33 Å². The summed E-state index contributed by atoms with van der Waals surface area (Å²) >= 11 is 3.36. The first-order valence-electron chi connectivity index (χ1n) is 5.18. The second kappa shape index (κ2) is 4.18. The van der Waals surface area contributed by atoms with E-state index in [1.165, 1.54) is 0 Å². The Hall–Kier alpha value is -0.870. The van der Waals surface area contributed by atoms with Crippen molar-refractivity contribution in [2.24, 2.45) is 0 Å². The predicted molar refractivity (Wildman–Crippen MR) is 65.6 cm³/mol. The Balaban J connectivity index is 2.05. The molecule has 4 heteroatoms. The number of carbonyl (C=O) groups is 1. The largest absolute Gasteiger partial charge is 0.386 e. The first kappa shape index (κ1) is 11.6. The van der Waals surface area contributed by atoms with Crippen LogP contribution in [-0.4, -0.2) is 34.6 Å². The smallest absolute Gasteiger partial charge is 0.254 e. The summed E-state index contributed by atoms with van der Waals surface area (Å²) in [5.74, 6) is -0.00681. The van der Waals surface area contributed by atoms with Gasteiger partial charge in [0.15, 0.2) is 0 Å². The lowest BCUT2D eigenvalue weighted by molar-refractivity contribution is -0.0668. The van der Waals surface area contributed by atoms with Crippen molar-refractivity contribution in [3.05, 3.63) is 35.4 Å². The van der Waals surface area contributed by atoms with Crippen LogP contribution in [0.25, 0.3) is 0 Å². The van der Waals surface area contributed by atoms with Crippen molar-refractivity contribution in [2.45, 2.75) is 17.9 Å². The van der Waals surface area contributed by atoms with Gasteiger partial charge in [0.2, 0.25) is 0 Å². The summed E-state index contributed by atoms with van der Waals surface area (Å²) in [7, 11) is 0. The molecule has 2 rings (SSSR count). The molecule has 86 valence electrons. The molecular weight excluding hydrogens is 270 g/mol. The van der Waals surface area contributed by atoms with E-state index >= 15 is 0 Å². The van der Waals surface area contributed by atoms with E-state index < -0.39 is 5.60 Å². The summed E-state index contributed by atoms with van der Waals surface area (Å²) < 4.78 is 0. The molecule has 0 unspecified atom stereocenters. The van der Waals surface area contributed by atoms with Gasteiger partial charge in [0, 0.05) is 10.9 Å². The Kier molecular flexibility index (Phi) is 3.04. The van der Waals surface area contributed by atoms with E-state index in [0.29, 0.717) is 18.7 Å². The van der Waals surface area contributed by atoms with Crippen molar-refractivity contribution < 1.29 is 9.90 Å². The number of nitrogens with zero attached hydrogens (tertiary/aromatic N) is 1. The summed E-state index contributed by atoms with van der Waals surface area (Å²) in [6.45, 7) is 2.59. The highest BCUT2D eigenvalue weighted by Crippen LogP contribution is 2.22. The fourth-order valence-electron chi connectivity index (χ4n) is 1.84. The fourth-order valence-corrected chi connectivity index (χ4v) is 2.21. The zero-order chi connectivity index (χ0) is 11.8. The molecule has 1 aliphatic heterocycles. The Bertz CT molecular complexity index is 392. The summed E-state index contributed by atoms with van der Waals surface area (Å²) in [5.41, 5.74) is 1.12. The molecule has 16 heavy (non-hydrogen) atoms. The predicted octanol–water partition coefficient (Wildman–Crippen LogP) is 1.79. The van der Waals surface area contributed by atoms with Crippen LogP contribution >= 0.6 is 15.9 Å². The van der Waals surface area contributed by atoms with Gasteiger partial charge in [-0.2, -0.15) is 0 Å². The molecule has 1 aliphatic rings. The van der Waals surface area contributed by atoms with Gasteiger partial charge in [0.1, 0.15) is 0 Å². The lowest BCUT2D eigenvalue weighted by Gasteiger charge is -2.44. The maximum absolute atomic E-state index is 11.9. The number of likely N-dealkylation sites (tertiary alicyclic amines) is 1. The molecule has 1 fully saturated rings. The third-order valence-corrected chi connectivity index (χ3v) is 3.35. The van der Waals surface area contributed by atoms with Crippen molar-refractivity contribution in [1.82, 2.24) is 4.90 Å². The van der Waals surface area contributed by atoms with Crippen molar-refractivity contribution in [1.29, 1.82) is 0 Å². The van der Waals surface area contributed by atoms with Crippen molar-refractivity contribution in [3.8, 4) is 0 Å². The third kappa shape index (κ3) is 2.28. The number of carbonyl (C=O) groups excluding carboxylic acids is 1. The lowest BCUT2D eigenvalue weighted by atomic mass is 9.96.